The molecular weight excluding hydrogens is 160 g/mol. The average Bonchev–Trinajstić information content (AvgIpc) is 2.11. The van der Waals surface area contributed by atoms with Crippen LogP contribution in [-0.2, 0) is 0 Å². The Kier molecular flexibility index (Phi) is 7.29. The molecule has 0 aliphatic carbocycles. The molecule has 0 aromatic carbocycles. The average molecular weight is 186 g/mol. The maximum absolute atomic E-state index is 3.54. The monoisotopic (exact) mass is 186 g/mol. The third kappa shape index (κ3) is 5.27. The third-order valence-corrected chi connectivity index (χ3v) is 2.62. The molecule has 2 nitrogen and oxygen atoms in total. The van der Waals surface area contributed by atoms with Crippen molar-refractivity contribution in [1.82, 2.24) is 10.2 Å². The standard InChI is InChI=1S/C11H26N2/c1-6-12-11(10(4)5)9-13(7-2)8-3/h10-12H,6-9H2,1-5H3. The number of rotatable bonds is 7. The summed E-state index contributed by atoms with van der Waals surface area (Å²) in [4.78, 5) is 2.48. The summed E-state index contributed by atoms with van der Waals surface area (Å²) in [6.45, 7) is 15.8. The first-order valence-electron chi connectivity index (χ1n) is 5.61. The number of likely N-dealkylation sites (N-methyl/N-ethyl adjacent to an activating group) is 2. The van der Waals surface area contributed by atoms with Gasteiger partial charge in [0.2, 0.25) is 0 Å². The first-order chi connectivity index (χ1) is 6.15. The molecule has 0 fully saturated rings. The Hall–Kier alpha value is -0.0800. The molecule has 0 rings (SSSR count). The second-order valence-corrected chi connectivity index (χ2v) is 3.89. The van der Waals surface area contributed by atoms with E-state index < -0.39 is 0 Å². The van der Waals surface area contributed by atoms with Crippen molar-refractivity contribution >= 4 is 0 Å². The van der Waals surface area contributed by atoms with Gasteiger partial charge in [-0.3, -0.25) is 0 Å². The molecule has 2 heteroatoms. The van der Waals surface area contributed by atoms with Gasteiger partial charge < -0.3 is 10.2 Å². The highest BCUT2D eigenvalue weighted by Gasteiger charge is 2.14. The molecule has 0 aromatic heterocycles. The van der Waals surface area contributed by atoms with E-state index in [1.807, 2.05) is 0 Å². The van der Waals surface area contributed by atoms with Crippen LogP contribution in [0.2, 0.25) is 0 Å². The Morgan fingerprint density at radius 3 is 1.92 bits per heavy atom. The fourth-order valence-corrected chi connectivity index (χ4v) is 1.53. The summed E-state index contributed by atoms with van der Waals surface area (Å²) in [6.07, 6.45) is 0. The van der Waals surface area contributed by atoms with E-state index in [4.69, 9.17) is 0 Å². The molecule has 1 N–H and O–H groups in total. The van der Waals surface area contributed by atoms with Gasteiger partial charge in [-0.05, 0) is 25.6 Å². The lowest BCUT2D eigenvalue weighted by molar-refractivity contribution is 0.237. The van der Waals surface area contributed by atoms with Gasteiger partial charge in [0.25, 0.3) is 0 Å². The molecule has 0 bridgehead atoms. The first-order valence-corrected chi connectivity index (χ1v) is 5.61. The zero-order valence-corrected chi connectivity index (χ0v) is 9.93. The van der Waals surface area contributed by atoms with Gasteiger partial charge in [-0.1, -0.05) is 34.6 Å². The van der Waals surface area contributed by atoms with E-state index in [0.717, 1.165) is 25.6 Å². The van der Waals surface area contributed by atoms with E-state index in [-0.39, 0.29) is 0 Å². The maximum Gasteiger partial charge on any atom is 0.0217 e. The molecule has 0 aliphatic rings. The molecule has 0 radical (unpaired) electrons. The quantitative estimate of drug-likeness (QED) is 0.654. The second kappa shape index (κ2) is 7.34. The largest absolute Gasteiger partial charge is 0.313 e. The van der Waals surface area contributed by atoms with Crippen molar-refractivity contribution in [2.45, 2.75) is 40.7 Å². The molecule has 0 heterocycles. The van der Waals surface area contributed by atoms with Gasteiger partial charge in [0, 0.05) is 12.6 Å². The molecular formula is C11H26N2. The smallest absolute Gasteiger partial charge is 0.0217 e. The fourth-order valence-electron chi connectivity index (χ4n) is 1.53. The van der Waals surface area contributed by atoms with Gasteiger partial charge >= 0.3 is 0 Å². The van der Waals surface area contributed by atoms with Crippen molar-refractivity contribution in [3.05, 3.63) is 0 Å². The summed E-state index contributed by atoms with van der Waals surface area (Å²) < 4.78 is 0. The summed E-state index contributed by atoms with van der Waals surface area (Å²) >= 11 is 0. The van der Waals surface area contributed by atoms with E-state index >= 15 is 0 Å². The Bertz CT molecular complexity index is 109. The van der Waals surface area contributed by atoms with Crippen LogP contribution in [0.25, 0.3) is 0 Å². The molecule has 0 saturated heterocycles. The SMILES string of the molecule is CCNC(CN(CC)CC)C(C)C. The Morgan fingerprint density at radius 1 is 1.08 bits per heavy atom. The highest BCUT2D eigenvalue weighted by Crippen LogP contribution is 2.03. The van der Waals surface area contributed by atoms with Crippen LogP contribution in [0, 0.1) is 5.92 Å². The minimum Gasteiger partial charge on any atom is -0.313 e. The van der Waals surface area contributed by atoms with Crippen molar-refractivity contribution in [3.63, 3.8) is 0 Å². The molecule has 1 unspecified atom stereocenters. The predicted molar refractivity (Wildman–Crippen MR) is 60.1 cm³/mol. The van der Waals surface area contributed by atoms with Crippen LogP contribution >= 0.6 is 0 Å². The van der Waals surface area contributed by atoms with E-state index in [1.165, 1.54) is 6.54 Å². The van der Waals surface area contributed by atoms with Crippen LogP contribution in [0.5, 0.6) is 0 Å². The topological polar surface area (TPSA) is 15.3 Å². The van der Waals surface area contributed by atoms with Gasteiger partial charge in [0.1, 0.15) is 0 Å². The summed E-state index contributed by atoms with van der Waals surface area (Å²) in [5.74, 6) is 0.723. The zero-order chi connectivity index (χ0) is 10.3. The molecule has 0 saturated carbocycles. The van der Waals surface area contributed by atoms with Gasteiger partial charge in [-0.2, -0.15) is 0 Å². The number of nitrogens with one attached hydrogen (secondary N) is 1. The normalized spacial score (nSPS) is 14.1. The van der Waals surface area contributed by atoms with Crippen molar-refractivity contribution < 1.29 is 0 Å². The van der Waals surface area contributed by atoms with Crippen LogP contribution < -0.4 is 5.32 Å². The molecule has 13 heavy (non-hydrogen) atoms. The summed E-state index contributed by atoms with van der Waals surface area (Å²) in [5, 5.41) is 3.54. The lowest BCUT2D eigenvalue weighted by atomic mass is 10.0. The van der Waals surface area contributed by atoms with E-state index in [0.29, 0.717) is 6.04 Å². The summed E-state index contributed by atoms with van der Waals surface area (Å²) in [6, 6.07) is 0.643. The Balaban J connectivity index is 3.91. The van der Waals surface area contributed by atoms with Crippen molar-refractivity contribution in [2.24, 2.45) is 5.92 Å². The molecule has 0 spiro atoms. The maximum atomic E-state index is 3.54. The van der Waals surface area contributed by atoms with Crippen LogP contribution in [0.1, 0.15) is 34.6 Å². The Morgan fingerprint density at radius 2 is 1.62 bits per heavy atom. The molecule has 80 valence electrons. The summed E-state index contributed by atoms with van der Waals surface area (Å²) in [5.41, 5.74) is 0. The van der Waals surface area contributed by atoms with Crippen molar-refractivity contribution in [2.75, 3.05) is 26.2 Å². The van der Waals surface area contributed by atoms with Gasteiger partial charge in [-0.25, -0.2) is 0 Å². The van der Waals surface area contributed by atoms with E-state index in [1.54, 1.807) is 0 Å². The number of nitrogens with zero attached hydrogens (tertiary/aromatic N) is 1. The lowest BCUT2D eigenvalue weighted by Gasteiger charge is -2.28. The van der Waals surface area contributed by atoms with Crippen LogP contribution in [0.15, 0.2) is 0 Å². The summed E-state index contributed by atoms with van der Waals surface area (Å²) in [7, 11) is 0. The van der Waals surface area contributed by atoms with Crippen LogP contribution in [-0.4, -0.2) is 37.1 Å². The number of hydrogen-bond donors (Lipinski definition) is 1. The fraction of sp³-hybridized carbons (Fsp3) is 1.00. The van der Waals surface area contributed by atoms with Gasteiger partial charge in [-0.15, -0.1) is 0 Å². The van der Waals surface area contributed by atoms with E-state index in [2.05, 4.69) is 44.8 Å². The molecule has 0 aromatic rings. The lowest BCUT2D eigenvalue weighted by Crippen LogP contribution is -2.44. The highest BCUT2D eigenvalue weighted by molar-refractivity contribution is 4.73. The van der Waals surface area contributed by atoms with Gasteiger partial charge in [0.05, 0.1) is 0 Å². The minimum atomic E-state index is 0.643. The third-order valence-electron chi connectivity index (χ3n) is 2.62. The zero-order valence-electron chi connectivity index (χ0n) is 9.93. The van der Waals surface area contributed by atoms with Crippen LogP contribution in [0.3, 0.4) is 0 Å². The number of hydrogen-bond acceptors (Lipinski definition) is 2. The Labute approximate surface area is 83.7 Å². The van der Waals surface area contributed by atoms with Crippen LogP contribution in [0.4, 0.5) is 0 Å². The molecule has 0 aliphatic heterocycles. The van der Waals surface area contributed by atoms with Gasteiger partial charge in [0.15, 0.2) is 0 Å². The first kappa shape index (κ1) is 12.9. The van der Waals surface area contributed by atoms with E-state index in [9.17, 15) is 0 Å². The molecule has 1 atom stereocenters. The highest BCUT2D eigenvalue weighted by atomic mass is 15.1. The minimum absolute atomic E-state index is 0.643. The van der Waals surface area contributed by atoms with Crippen molar-refractivity contribution in [3.8, 4) is 0 Å². The predicted octanol–water partition coefficient (Wildman–Crippen LogP) is 1.96. The second-order valence-electron chi connectivity index (χ2n) is 3.89. The molecule has 0 amide bonds. The van der Waals surface area contributed by atoms with Crippen molar-refractivity contribution in [1.29, 1.82) is 0 Å².